The third kappa shape index (κ3) is 6.89. The zero-order valence-electron chi connectivity index (χ0n) is 31.9. The average molecular weight is 779 g/mol. The van der Waals surface area contributed by atoms with E-state index in [1.165, 1.54) is 16.8 Å². The number of rotatable bonds is 6. The molecule has 5 aromatic heterocycles. The monoisotopic (exact) mass is 778 g/mol. The number of aromatic nitrogens is 6. The first-order valence-electron chi connectivity index (χ1n) is 19.2. The van der Waals surface area contributed by atoms with Crippen LogP contribution in [0.2, 0.25) is 0 Å². The first-order valence-corrected chi connectivity index (χ1v) is 19.2. The smallest absolute Gasteiger partial charge is 0.329 e. The predicted octanol–water partition coefficient (Wildman–Crippen LogP) is 4.44. The van der Waals surface area contributed by atoms with Gasteiger partial charge in [0.1, 0.15) is 12.0 Å². The van der Waals surface area contributed by atoms with Crippen molar-refractivity contribution in [2.24, 2.45) is 7.05 Å². The van der Waals surface area contributed by atoms with Crippen molar-refractivity contribution in [3.63, 3.8) is 0 Å². The van der Waals surface area contributed by atoms with Crippen molar-refractivity contribution < 1.29 is 23.5 Å². The number of furan rings is 1. The Hall–Kier alpha value is -6.99. The molecule has 6 aromatic rings. The van der Waals surface area contributed by atoms with Gasteiger partial charge >= 0.3 is 6.03 Å². The second-order valence-electron chi connectivity index (χ2n) is 14.5. The van der Waals surface area contributed by atoms with Crippen molar-refractivity contribution in [1.29, 1.82) is 0 Å². The number of fused-ring (bicyclic) bond motifs is 3. The van der Waals surface area contributed by atoms with E-state index in [1.54, 1.807) is 29.0 Å². The summed E-state index contributed by atoms with van der Waals surface area (Å²) in [4.78, 5) is 76.0. The van der Waals surface area contributed by atoms with Gasteiger partial charge in [0.05, 0.1) is 40.7 Å². The maximum absolute atomic E-state index is 13.0. The fourth-order valence-electron chi connectivity index (χ4n) is 7.84. The minimum Gasteiger partial charge on any atom is -0.429 e. The average Bonchev–Trinajstić information content (AvgIpc) is 3.68. The lowest BCUT2D eigenvalue weighted by Gasteiger charge is -2.33. The Balaban J connectivity index is 0.901. The molecule has 1 aromatic carbocycles. The van der Waals surface area contributed by atoms with Crippen molar-refractivity contribution in [1.82, 2.24) is 40.1 Å². The van der Waals surface area contributed by atoms with Crippen LogP contribution in [0.5, 0.6) is 0 Å². The normalized spacial score (nSPS) is 15.9. The number of hydrogen-bond acceptors (Lipinski definition) is 12. The molecule has 2 N–H and O–H groups in total. The van der Waals surface area contributed by atoms with E-state index in [1.807, 2.05) is 26.2 Å². The van der Waals surface area contributed by atoms with Crippen molar-refractivity contribution in [2.45, 2.75) is 44.9 Å². The zero-order chi connectivity index (χ0) is 39.9. The highest BCUT2D eigenvalue weighted by Crippen LogP contribution is 2.40. The molecule has 0 bridgehead atoms. The summed E-state index contributed by atoms with van der Waals surface area (Å²) < 4.78 is 13.1. The molecule has 16 nitrogen and oxygen atoms in total. The molecule has 9 rings (SSSR count). The first kappa shape index (κ1) is 36.6. The lowest BCUT2D eigenvalue weighted by Crippen LogP contribution is -2.50. The SMILES string of the molecule is Cc1cc2c(N3CCCc4nc(-c5ccc(C(=O)NCC#Cc6cc7c(N8CCC(=O)NC8=O)ncnc7o6)nc5)ncc43)cc(C3CCOCC3)cc2n(C)c1=O. The van der Waals surface area contributed by atoms with E-state index in [9.17, 15) is 19.2 Å². The van der Waals surface area contributed by atoms with Gasteiger partial charge < -0.3 is 23.9 Å². The fourth-order valence-corrected chi connectivity index (χ4v) is 7.84. The van der Waals surface area contributed by atoms with Crippen LogP contribution in [0.4, 0.5) is 22.0 Å². The van der Waals surface area contributed by atoms with Gasteiger partial charge in [-0.25, -0.2) is 24.7 Å². The highest BCUT2D eigenvalue weighted by Gasteiger charge is 2.28. The van der Waals surface area contributed by atoms with Gasteiger partial charge in [-0.15, -0.1) is 0 Å². The van der Waals surface area contributed by atoms with Gasteiger partial charge in [0.15, 0.2) is 17.4 Å². The molecule has 3 aliphatic rings. The molecule has 2 fully saturated rings. The van der Waals surface area contributed by atoms with Crippen LogP contribution in [0, 0.1) is 18.8 Å². The lowest BCUT2D eigenvalue weighted by atomic mass is 9.89. The summed E-state index contributed by atoms with van der Waals surface area (Å²) in [5.74, 6) is 6.41. The quantitative estimate of drug-likeness (QED) is 0.227. The molecule has 0 spiro atoms. The first-order chi connectivity index (χ1) is 28.2. The number of imide groups is 1. The molecule has 0 atom stereocenters. The number of nitrogens with one attached hydrogen (secondary N) is 2. The van der Waals surface area contributed by atoms with E-state index < -0.39 is 11.9 Å². The van der Waals surface area contributed by atoms with Gasteiger partial charge in [-0.3, -0.25) is 29.6 Å². The van der Waals surface area contributed by atoms with Gasteiger partial charge in [0.25, 0.3) is 11.5 Å². The largest absolute Gasteiger partial charge is 0.429 e. The summed E-state index contributed by atoms with van der Waals surface area (Å²) >= 11 is 0. The summed E-state index contributed by atoms with van der Waals surface area (Å²) in [6, 6.07) is 10.9. The summed E-state index contributed by atoms with van der Waals surface area (Å²) in [6.07, 6.45) is 8.42. The van der Waals surface area contributed by atoms with Gasteiger partial charge in [-0.05, 0) is 80.3 Å². The molecule has 0 saturated carbocycles. The Morgan fingerprint density at radius 3 is 2.62 bits per heavy atom. The number of aryl methyl sites for hydroxylation is 3. The van der Waals surface area contributed by atoms with E-state index in [0.717, 1.165) is 73.4 Å². The van der Waals surface area contributed by atoms with Crippen LogP contribution < -0.4 is 26.0 Å². The molecule has 292 valence electrons. The Labute approximate surface area is 331 Å². The summed E-state index contributed by atoms with van der Waals surface area (Å²) in [7, 11) is 1.84. The standard InChI is InChI=1S/C42H38N10O6/c1-24-17-29-33(50(2)41(24)55)18-27(25-10-15-57-16-11-25)19-34(29)51-13-4-6-31-35(51)22-45-37(48-31)26-7-8-32(44-21-26)39(54)43-12-3-5-28-20-30-38(46-23-47-40(30)58-28)52-14-9-36(53)49-42(52)56/h7-8,17-23,25H,4,6,9-16H2,1-2H3,(H,43,54)(H,49,53,56). The van der Waals surface area contributed by atoms with E-state index in [4.69, 9.17) is 19.1 Å². The Bertz CT molecular complexity index is 2760. The van der Waals surface area contributed by atoms with E-state index in [0.29, 0.717) is 34.1 Å². The predicted molar refractivity (Wildman–Crippen MR) is 214 cm³/mol. The Morgan fingerprint density at radius 2 is 1.81 bits per heavy atom. The second kappa shape index (κ2) is 15.2. The van der Waals surface area contributed by atoms with Gasteiger partial charge in [0.2, 0.25) is 11.6 Å². The molecule has 58 heavy (non-hydrogen) atoms. The number of nitrogens with zero attached hydrogens (tertiary/aromatic N) is 8. The van der Waals surface area contributed by atoms with Crippen LogP contribution in [0.15, 0.2) is 64.3 Å². The van der Waals surface area contributed by atoms with Crippen LogP contribution in [-0.4, -0.2) is 80.2 Å². The maximum Gasteiger partial charge on any atom is 0.329 e. The number of amides is 4. The molecule has 0 unspecified atom stereocenters. The van der Waals surface area contributed by atoms with Crippen molar-refractivity contribution in [3.8, 4) is 23.2 Å². The Kier molecular flexibility index (Phi) is 9.58. The summed E-state index contributed by atoms with van der Waals surface area (Å²) in [6.45, 7) is 4.29. The minimum atomic E-state index is -0.569. The third-order valence-corrected chi connectivity index (χ3v) is 10.9. The number of urea groups is 1. The van der Waals surface area contributed by atoms with E-state index in [2.05, 4.69) is 54.5 Å². The molecule has 0 radical (unpaired) electrons. The third-order valence-electron chi connectivity index (χ3n) is 10.9. The van der Waals surface area contributed by atoms with Crippen LogP contribution in [0.1, 0.15) is 64.7 Å². The number of ether oxygens (including phenoxy) is 1. The highest BCUT2D eigenvalue weighted by atomic mass is 16.5. The highest BCUT2D eigenvalue weighted by molar-refractivity contribution is 6.08. The summed E-state index contributed by atoms with van der Waals surface area (Å²) in [5, 5.41) is 6.51. The minimum absolute atomic E-state index is 0.00109. The van der Waals surface area contributed by atoms with Crippen LogP contribution >= 0.6 is 0 Å². The van der Waals surface area contributed by atoms with Gasteiger partial charge in [-0.2, -0.15) is 0 Å². The van der Waals surface area contributed by atoms with Crippen LogP contribution in [0.3, 0.4) is 0 Å². The Morgan fingerprint density at radius 1 is 0.948 bits per heavy atom. The topological polar surface area (TPSA) is 191 Å². The zero-order valence-corrected chi connectivity index (χ0v) is 31.9. The molecule has 2 saturated heterocycles. The van der Waals surface area contributed by atoms with Crippen molar-refractivity contribution >= 4 is 57.0 Å². The molecule has 16 heteroatoms. The maximum atomic E-state index is 13.0. The number of benzene rings is 1. The molecular weight excluding hydrogens is 741 g/mol. The molecular formula is C42H38N10O6. The molecule has 0 aliphatic carbocycles. The van der Waals surface area contributed by atoms with E-state index >= 15 is 0 Å². The second-order valence-corrected chi connectivity index (χ2v) is 14.5. The lowest BCUT2D eigenvalue weighted by molar-refractivity contribution is -0.120. The summed E-state index contributed by atoms with van der Waals surface area (Å²) in [5.41, 5.74) is 6.82. The molecule has 8 heterocycles. The number of pyridine rings is 2. The number of hydrogen-bond donors (Lipinski definition) is 2. The van der Waals surface area contributed by atoms with Crippen LogP contribution in [0.25, 0.3) is 33.4 Å². The van der Waals surface area contributed by atoms with Crippen molar-refractivity contribution in [3.05, 3.63) is 93.7 Å². The number of carbonyl (C=O) groups is 3. The van der Waals surface area contributed by atoms with Crippen LogP contribution in [-0.2, 0) is 23.0 Å². The van der Waals surface area contributed by atoms with Gasteiger partial charge in [0, 0.05) is 68.5 Å². The van der Waals surface area contributed by atoms with Crippen molar-refractivity contribution in [2.75, 3.05) is 42.6 Å². The molecule has 3 aliphatic heterocycles. The van der Waals surface area contributed by atoms with Gasteiger partial charge in [-0.1, -0.05) is 5.92 Å². The van der Waals surface area contributed by atoms with E-state index in [-0.39, 0.29) is 48.1 Å². The molecule has 4 amide bonds. The number of carbonyl (C=O) groups excluding carboxylic acids is 3. The number of anilines is 3. The fraction of sp³-hybridized carbons (Fsp3) is 0.310.